The number of hydrogen-bond acceptors (Lipinski definition) is 9. The molecule has 3 amide bonds. The predicted molar refractivity (Wildman–Crippen MR) is 150 cm³/mol. The van der Waals surface area contributed by atoms with E-state index in [0.29, 0.717) is 12.5 Å². The van der Waals surface area contributed by atoms with Crippen molar-refractivity contribution < 1.29 is 33.4 Å². The first-order chi connectivity index (χ1) is 18.5. The molecule has 2 aliphatic carbocycles. The van der Waals surface area contributed by atoms with Crippen LogP contribution >= 0.6 is 0 Å². The van der Waals surface area contributed by atoms with Crippen LogP contribution in [-0.2, 0) is 23.8 Å². The molecule has 1 unspecified atom stereocenters. The molecule has 0 fully saturated rings. The Morgan fingerprint density at radius 2 is 1.70 bits per heavy atom. The van der Waals surface area contributed by atoms with E-state index in [4.69, 9.17) is 19.6 Å². The number of carbonyl (C=O) groups excluding carboxylic acids is 4. The van der Waals surface area contributed by atoms with E-state index in [1.807, 2.05) is 0 Å². The Kier molecular flexibility index (Phi) is 11.3. The second kappa shape index (κ2) is 13.8. The summed E-state index contributed by atoms with van der Waals surface area (Å²) in [6, 6.07) is -2.37. The molecule has 4 N–H and O–H groups in total. The van der Waals surface area contributed by atoms with Crippen LogP contribution in [0.15, 0.2) is 23.8 Å². The molecule has 40 heavy (non-hydrogen) atoms. The van der Waals surface area contributed by atoms with Crippen molar-refractivity contribution in [2.24, 2.45) is 5.92 Å². The highest BCUT2D eigenvalue weighted by Crippen LogP contribution is 2.28. The van der Waals surface area contributed by atoms with Gasteiger partial charge in [-0.3, -0.25) is 15.5 Å². The predicted octanol–water partition coefficient (Wildman–Crippen LogP) is 3.37. The van der Waals surface area contributed by atoms with Gasteiger partial charge in [0.1, 0.15) is 11.2 Å². The van der Waals surface area contributed by atoms with Crippen molar-refractivity contribution in [1.82, 2.24) is 20.9 Å². The number of hydrogen-bond donors (Lipinski definition) is 4. The molecule has 0 heterocycles. The van der Waals surface area contributed by atoms with Gasteiger partial charge < -0.3 is 24.8 Å². The molecule has 0 bridgehead atoms. The molecule has 2 rings (SSSR count). The minimum Gasteiger partial charge on any atom is -0.466 e. The Bertz CT molecular complexity index is 1030. The molecular weight excluding hydrogens is 518 g/mol. The Labute approximate surface area is 236 Å². The quantitative estimate of drug-likeness (QED) is 0.126. The minimum absolute atomic E-state index is 0.0699. The Hall–Kier alpha value is -3.41. The molecule has 12 nitrogen and oxygen atoms in total. The second-order valence-corrected chi connectivity index (χ2v) is 12.1. The van der Waals surface area contributed by atoms with Crippen LogP contribution in [0.4, 0.5) is 9.59 Å². The number of rotatable bonds is 6. The summed E-state index contributed by atoms with van der Waals surface area (Å²) in [7, 11) is 1.26. The molecule has 2 aliphatic rings. The third kappa shape index (κ3) is 10.3. The molecule has 4 atom stereocenters. The zero-order valence-electron chi connectivity index (χ0n) is 24.9. The van der Waals surface area contributed by atoms with Crippen molar-refractivity contribution in [3.63, 3.8) is 0 Å². The Balaban J connectivity index is 2.52. The number of carbonyl (C=O) groups is 4. The molecule has 0 radical (unpaired) electrons. The first-order valence-corrected chi connectivity index (χ1v) is 13.6. The highest BCUT2D eigenvalue weighted by molar-refractivity contribution is 6.00. The van der Waals surface area contributed by atoms with Crippen LogP contribution in [0.2, 0.25) is 0 Å². The number of guanidine groups is 1. The van der Waals surface area contributed by atoms with Gasteiger partial charge >= 0.3 is 18.2 Å². The van der Waals surface area contributed by atoms with Gasteiger partial charge in [0.2, 0.25) is 11.9 Å². The highest BCUT2D eigenvalue weighted by Gasteiger charge is 2.44. The van der Waals surface area contributed by atoms with E-state index in [2.05, 4.69) is 28.1 Å². The maximum absolute atomic E-state index is 13.5. The second-order valence-electron chi connectivity index (χ2n) is 12.1. The maximum Gasteiger partial charge on any atom is 0.417 e. The van der Waals surface area contributed by atoms with Gasteiger partial charge in [-0.1, -0.05) is 18.2 Å². The number of nitrogens with zero attached hydrogens (tertiary/aromatic N) is 1. The largest absolute Gasteiger partial charge is 0.466 e. The molecule has 0 aromatic heterocycles. The van der Waals surface area contributed by atoms with E-state index in [0.717, 1.165) is 24.2 Å². The SMILES string of the molecule is COC(=O)C1=C[C@@H](NCC2CC=CCC2)[C@@H](NC(C)=O)[C@@H](N(C(=N)NC(=O)OC(C)(C)C)C(=O)OC(C)(C)C)C1. The lowest BCUT2D eigenvalue weighted by molar-refractivity contribution is -0.136. The van der Waals surface area contributed by atoms with Gasteiger partial charge in [-0.15, -0.1) is 0 Å². The number of alkyl carbamates (subject to hydrolysis) is 1. The van der Waals surface area contributed by atoms with Crippen molar-refractivity contribution in [1.29, 1.82) is 5.41 Å². The Morgan fingerprint density at radius 1 is 1.05 bits per heavy atom. The lowest BCUT2D eigenvalue weighted by Gasteiger charge is -2.43. The third-order valence-corrected chi connectivity index (χ3v) is 6.23. The van der Waals surface area contributed by atoms with E-state index in [9.17, 15) is 19.2 Å². The number of esters is 1. The zero-order chi connectivity index (χ0) is 30.3. The fourth-order valence-electron chi connectivity index (χ4n) is 4.63. The number of amides is 3. The van der Waals surface area contributed by atoms with Crippen molar-refractivity contribution >= 4 is 30.0 Å². The monoisotopic (exact) mass is 563 g/mol. The van der Waals surface area contributed by atoms with Crippen LogP contribution < -0.4 is 16.0 Å². The lowest BCUT2D eigenvalue weighted by Crippen LogP contribution is -2.66. The Morgan fingerprint density at radius 3 is 2.23 bits per heavy atom. The van der Waals surface area contributed by atoms with Crippen molar-refractivity contribution in [3.8, 4) is 0 Å². The van der Waals surface area contributed by atoms with Gasteiger partial charge in [0.05, 0.1) is 19.2 Å². The first-order valence-electron chi connectivity index (χ1n) is 13.6. The standard InChI is InChI=1S/C28H45N5O7/c1-17(34)31-22-20(30-16-18-12-10-9-11-13-18)14-19(23(35)38-8)15-21(22)33(26(37)40-28(5,6)7)24(29)32-25(36)39-27(2,3)4/h9-10,14,18,20-22,30H,11-13,15-16H2,1-8H3,(H,31,34)(H2,29,32,36)/t18?,20-,21+,22-/m1/s1. The molecule has 0 saturated carbocycles. The van der Waals surface area contributed by atoms with Gasteiger partial charge in [-0.2, -0.15) is 0 Å². The van der Waals surface area contributed by atoms with E-state index >= 15 is 0 Å². The van der Waals surface area contributed by atoms with Crippen molar-refractivity contribution in [2.45, 2.75) is 103 Å². The van der Waals surface area contributed by atoms with E-state index in [1.165, 1.54) is 14.0 Å². The van der Waals surface area contributed by atoms with Crippen LogP contribution in [0.3, 0.4) is 0 Å². The molecule has 12 heteroatoms. The summed E-state index contributed by atoms with van der Waals surface area (Å²) in [5.74, 6) is -1.24. The van der Waals surface area contributed by atoms with Crippen LogP contribution in [0.5, 0.6) is 0 Å². The number of ether oxygens (including phenoxy) is 3. The van der Waals surface area contributed by atoms with Crippen LogP contribution in [0.25, 0.3) is 0 Å². The minimum atomic E-state index is -0.996. The summed E-state index contributed by atoms with van der Waals surface area (Å²) in [4.78, 5) is 52.1. The molecule has 0 aliphatic heterocycles. The van der Waals surface area contributed by atoms with Crippen LogP contribution in [0.1, 0.15) is 74.1 Å². The average Bonchev–Trinajstić information content (AvgIpc) is 2.81. The summed E-state index contributed by atoms with van der Waals surface area (Å²) in [6.45, 7) is 12.0. The van der Waals surface area contributed by atoms with E-state index in [1.54, 1.807) is 47.6 Å². The van der Waals surface area contributed by atoms with Gasteiger partial charge in [0.15, 0.2) is 0 Å². The van der Waals surface area contributed by atoms with Gasteiger partial charge in [0.25, 0.3) is 0 Å². The molecular formula is C28H45N5O7. The average molecular weight is 564 g/mol. The van der Waals surface area contributed by atoms with Crippen molar-refractivity contribution in [3.05, 3.63) is 23.8 Å². The van der Waals surface area contributed by atoms with Crippen LogP contribution in [-0.4, -0.2) is 77.9 Å². The molecule has 0 spiro atoms. The molecule has 0 aromatic rings. The van der Waals surface area contributed by atoms with Gasteiger partial charge in [0, 0.05) is 25.0 Å². The smallest absolute Gasteiger partial charge is 0.417 e. The summed E-state index contributed by atoms with van der Waals surface area (Å²) in [5, 5.41) is 17.4. The van der Waals surface area contributed by atoms with Gasteiger partial charge in [-0.05, 0) is 73.3 Å². The van der Waals surface area contributed by atoms with E-state index in [-0.39, 0.29) is 17.9 Å². The van der Waals surface area contributed by atoms with Crippen molar-refractivity contribution in [2.75, 3.05) is 13.7 Å². The molecule has 224 valence electrons. The number of nitrogens with one attached hydrogen (secondary N) is 4. The van der Waals surface area contributed by atoms with Gasteiger partial charge in [-0.25, -0.2) is 19.3 Å². The number of allylic oxidation sites excluding steroid dienone is 2. The zero-order valence-corrected chi connectivity index (χ0v) is 24.9. The molecule has 0 saturated heterocycles. The summed E-state index contributed by atoms with van der Waals surface area (Å²) < 4.78 is 15.9. The number of methoxy groups -OCH3 is 1. The fraction of sp³-hybridized carbons (Fsp3) is 0.679. The topological polar surface area (TPSA) is 159 Å². The summed E-state index contributed by atoms with van der Waals surface area (Å²) >= 11 is 0. The normalized spacial score (nSPS) is 22.9. The van der Waals surface area contributed by atoms with E-state index < -0.39 is 53.4 Å². The maximum atomic E-state index is 13.5. The highest BCUT2D eigenvalue weighted by atomic mass is 16.6. The fourth-order valence-corrected chi connectivity index (χ4v) is 4.63. The summed E-state index contributed by atoms with van der Waals surface area (Å²) in [5.41, 5.74) is -1.53. The summed E-state index contributed by atoms with van der Waals surface area (Å²) in [6.07, 6.45) is 6.89. The lowest BCUT2D eigenvalue weighted by atomic mass is 9.84. The van der Waals surface area contributed by atoms with Crippen LogP contribution in [0, 0.1) is 11.3 Å². The third-order valence-electron chi connectivity index (χ3n) is 6.23. The molecule has 0 aromatic carbocycles. The first kappa shape index (κ1) is 32.8.